The van der Waals surface area contributed by atoms with Crippen LogP contribution in [0.5, 0.6) is 0 Å². The first kappa shape index (κ1) is 12.9. The molecule has 0 radical (unpaired) electrons. The lowest BCUT2D eigenvalue weighted by atomic mass is 9.79. The molecule has 3 nitrogen and oxygen atoms in total. The van der Waals surface area contributed by atoms with E-state index in [9.17, 15) is 0 Å². The molecule has 0 spiro atoms. The summed E-state index contributed by atoms with van der Waals surface area (Å²) < 4.78 is 5.53. The van der Waals surface area contributed by atoms with E-state index in [0.717, 1.165) is 24.7 Å². The predicted octanol–water partition coefficient (Wildman–Crippen LogP) is 3.44. The van der Waals surface area contributed by atoms with Gasteiger partial charge in [-0.05, 0) is 44.4 Å². The molecule has 2 atom stereocenters. The molecule has 0 saturated heterocycles. The molecule has 15 heavy (non-hydrogen) atoms. The summed E-state index contributed by atoms with van der Waals surface area (Å²) in [6.45, 7) is 6.32. The number of ether oxygens (including phenoxy) is 1. The van der Waals surface area contributed by atoms with E-state index in [-0.39, 0.29) is 6.10 Å². The van der Waals surface area contributed by atoms with Crippen molar-refractivity contribution in [1.82, 2.24) is 0 Å². The summed E-state index contributed by atoms with van der Waals surface area (Å²) in [7, 11) is 0. The zero-order chi connectivity index (χ0) is 11.3. The van der Waals surface area contributed by atoms with Crippen molar-refractivity contribution in [2.24, 2.45) is 11.8 Å². The fraction of sp³-hybridized carbons (Fsp3) is 1.00. The van der Waals surface area contributed by atoms with Crippen molar-refractivity contribution in [3.05, 3.63) is 0 Å². The van der Waals surface area contributed by atoms with E-state index >= 15 is 0 Å². The van der Waals surface area contributed by atoms with Crippen LogP contribution in [0.15, 0.2) is 0 Å². The van der Waals surface area contributed by atoms with Crippen LogP contribution in [-0.2, 0) is 9.62 Å². The molecule has 0 aromatic rings. The fourth-order valence-electron chi connectivity index (χ4n) is 2.42. The van der Waals surface area contributed by atoms with Crippen molar-refractivity contribution >= 4 is 0 Å². The third-order valence-electron chi connectivity index (χ3n) is 3.70. The SMILES string of the molecule is CCC(C)C1CCC(OC(C)OO)CC1. The fourth-order valence-corrected chi connectivity index (χ4v) is 2.42. The van der Waals surface area contributed by atoms with Gasteiger partial charge in [0.05, 0.1) is 6.10 Å². The van der Waals surface area contributed by atoms with Crippen LogP contribution in [0.3, 0.4) is 0 Å². The molecule has 0 heterocycles. The van der Waals surface area contributed by atoms with E-state index in [1.165, 1.54) is 19.3 Å². The van der Waals surface area contributed by atoms with E-state index in [1.807, 2.05) is 0 Å². The Kier molecular flexibility index (Phi) is 5.58. The molecule has 2 unspecified atom stereocenters. The van der Waals surface area contributed by atoms with Gasteiger partial charge in [-0.2, -0.15) is 0 Å². The standard InChI is InChI=1S/C12H24O3/c1-4-9(2)11-5-7-12(8-6-11)14-10(3)15-13/h9-13H,4-8H2,1-3H3. The van der Waals surface area contributed by atoms with Crippen LogP contribution in [0.4, 0.5) is 0 Å². The largest absolute Gasteiger partial charge is 0.347 e. The Bertz CT molecular complexity index is 164. The van der Waals surface area contributed by atoms with Gasteiger partial charge in [0.15, 0.2) is 6.29 Å². The molecule has 1 fully saturated rings. The van der Waals surface area contributed by atoms with E-state index in [4.69, 9.17) is 9.99 Å². The van der Waals surface area contributed by atoms with Crippen molar-refractivity contribution in [3.63, 3.8) is 0 Å². The molecule has 3 heteroatoms. The Morgan fingerprint density at radius 3 is 2.27 bits per heavy atom. The summed E-state index contributed by atoms with van der Waals surface area (Å²) in [4.78, 5) is 4.13. The van der Waals surface area contributed by atoms with Gasteiger partial charge >= 0.3 is 0 Å². The minimum absolute atomic E-state index is 0.271. The Morgan fingerprint density at radius 2 is 1.80 bits per heavy atom. The van der Waals surface area contributed by atoms with Crippen molar-refractivity contribution in [2.75, 3.05) is 0 Å². The Balaban J connectivity index is 2.23. The second-order valence-corrected chi connectivity index (χ2v) is 4.73. The lowest BCUT2D eigenvalue weighted by molar-refractivity contribution is -0.349. The van der Waals surface area contributed by atoms with Gasteiger partial charge in [-0.1, -0.05) is 20.3 Å². The van der Waals surface area contributed by atoms with Gasteiger partial charge in [0.1, 0.15) is 0 Å². The lowest BCUT2D eigenvalue weighted by Crippen LogP contribution is -2.28. The first-order valence-corrected chi connectivity index (χ1v) is 6.13. The highest BCUT2D eigenvalue weighted by Crippen LogP contribution is 2.33. The average Bonchev–Trinajstić information content (AvgIpc) is 2.29. The third-order valence-corrected chi connectivity index (χ3v) is 3.70. The van der Waals surface area contributed by atoms with E-state index in [0.29, 0.717) is 0 Å². The van der Waals surface area contributed by atoms with Gasteiger partial charge in [0.25, 0.3) is 0 Å². The molecule has 0 aromatic heterocycles. The Labute approximate surface area is 92.7 Å². The molecular formula is C12H24O3. The van der Waals surface area contributed by atoms with Crippen molar-refractivity contribution < 1.29 is 14.9 Å². The maximum absolute atomic E-state index is 8.42. The highest BCUT2D eigenvalue weighted by molar-refractivity contribution is 4.75. The monoisotopic (exact) mass is 216 g/mol. The van der Waals surface area contributed by atoms with Crippen LogP contribution in [0.25, 0.3) is 0 Å². The second-order valence-electron chi connectivity index (χ2n) is 4.73. The lowest BCUT2D eigenvalue weighted by Gasteiger charge is -2.32. The summed E-state index contributed by atoms with van der Waals surface area (Å²) >= 11 is 0. The molecule has 1 aliphatic rings. The van der Waals surface area contributed by atoms with Crippen molar-refractivity contribution in [3.8, 4) is 0 Å². The summed E-state index contributed by atoms with van der Waals surface area (Å²) in [6, 6.07) is 0. The highest BCUT2D eigenvalue weighted by Gasteiger charge is 2.25. The molecule has 1 rings (SSSR count). The maximum atomic E-state index is 8.42. The van der Waals surface area contributed by atoms with Crippen LogP contribution in [0.1, 0.15) is 52.9 Å². The molecule has 1 aliphatic carbocycles. The van der Waals surface area contributed by atoms with Gasteiger partial charge in [-0.3, -0.25) is 0 Å². The molecule has 1 saturated carbocycles. The van der Waals surface area contributed by atoms with Gasteiger partial charge in [-0.25, -0.2) is 10.1 Å². The number of hydrogen-bond donors (Lipinski definition) is 1. The first-order valence-electron chi connectivity index (χ1n) is 6.13. The normalized spacial score (nSPS) is 31.2. The molecule has 0 aliphatic heterocycles. The minimum Gasteiger partial charge on any atom is -0.347 e. The highest BCUT2D eigenvalue weighted by atomic mass is 17.1. The molecule has 0 aromatic carbocycles. The van der Waals surface area contributed by atoms with E-state index < -0.39 is 6.29 Å². The molecular weight excluding hydrogens is 192 g/mol. The van der Waals surface area contributed by atoms with Gasteiger partial charge in [0, 0.05) is 0 Å². The summed E-state index contributed by atoms with van der Waals surface area (Å²) in [5, 5.41) is 8.42. The van der Waals surface area contributed by atoms with Crippen molar-refractivity contribution in [2.45, 2.75) is 65.3 Å². The second kappa shape index (κ2) is 6.46. The zero-order valence-electron chi connectivity index (χ0n) is 10.1. The predicted molar refractivity (Wildman–Crippen MR) is 59.5 cm³/mol. The quantitative estimate of drug-likeness (QED) is 0.434. The maximum Gasteiger partial charge on any atom is 0.188 e. The third kappa shape index (κ3) is 4.09. The van der Waals surface area contributed by atoms with Crippen LogP contribution in [-0.4, -0.2) is 17.7 Å². The van der Waals surface area contributed by atoms with E-state index in [2.05, 4.69) is 18.7 Å². The van der Waals surface area contributed by atoms with Gasteiger partial charge in [-0.15, -0.1) is 0 Å². The van der Waals surface area contributed by atoms with Crippen LogP contribution in [0.2, 0.25) is 0 Å². The Hall–Kier alpha value is -0.120. The zero-order valence-corrected chi connectivity index (χ0v) is 10.1. The van der Waals surface area contributed by atoms with Gasteiger partial charge in [0.2, 0.25) is 0 Å². The molecule has 1 N–H and O–H groups in total. The summed E-state index contributed by atoms with van der Waals surface area (Å²) in [5.41, 5.74) is 0. The first-order chi connectivity index (χ1) is 7.17. The van der Waals surface area contributed by atoms with Crippen LogP contribution < -0.4 is 0 Å². The Morgan fingerprint density at radius 1 is 1.20 bits per heavy atom. The van der Waals surface area contributed by atoms with Crippen LogP contribution >= 0.6 is 0 Å². The number of rotatable bonds is 5. The van der Waals surface area contributed by atoms with Gasteiger partial charge < -0.3 is 4.74 Å². The number of hydrogen-bond acceptors (Lipinski definition) is 3. The van der Waals surface area contributed by atoms with E-state index in [1.54, 1.807) is 6.92 Å². The molecule has 0 amide bonds. The average molecular weight is 216 g/mol. The minimum atomic E-state index is -0.491. The van der Waals surface area contributed by atoms with Crippen molar-refractivity contribution in [1.29, 1.82) is 0 Å². The molecule has 0 bridgehead atoms. The summed E-state index contributed by atoms with van der Waals surface area (Å²) in [6.07, 6.45) is 5.75. The smallest absolute Gasteiger partial charge is 0.188 e. The summed E-state index contributed by atoms with van der Waals surface area (Å²) in [5.74, 6) is 1.69. The van der Waals surface area contributed by atoms with Crippen LogP contribution in [0, 0.1) is 11.8 Å². The molecule has 90 valence electrons. The topological polar surface area (TPSA) is 38.7 Å².